The molecule has 0 spiro atoms. The number of amides is 6. The first-order valence-electron chi connectivity index (χ1n) is 25.8. The van der Waals surface area contributed by atoms with E-state index in [1.165, 1.54) is 5.56 Å². The smallest absolute Gasteiger partial charge is 0.246 e. The number of nitrogens with one attached hydrogen (secondary N) is 6. The van der Waals surface area contributed by atoms with Gasteiger partial charge in [0.25, 0.3) is 0 Å². The summed E-state index contributed by atoms with van der Waals surface area (Å²) in [5.41, 5.74) is 4.32. The maximum Gasteiger partial charge on any atom is 0.246 e. The number of carbonyl (C=O) groups is 6. The Labute approximate surface area is 430 Å². The van der Waals surface area contributed by atoms with Crippen LogP contribution in [0.25, 0.3) is 0 Å². The lowest BCUT2D eigenvalue weighted by Crippen LogP contribution is -2.62. The molecule has 3 heterocycles. The summed E-state index contributed by atoms with van der Waals surface area (Å²) in [6, 6.07) is 18.0. The summed E-state index contributed by atoms with van der Waals surface area (Å²) in [6.07, 6.45) is 3.46. The summed E-state index contributed by atoms with van der Waals surface area (Å²) in [4.78, 5) is 94.4. The van der Waals surface area contributed by atoms with Gasteiger partial charge in [-0.1, -0.05) is 119 Å². The van der Waals surface area contributed by atoms with Gasteiger partial charge in [0.1, 0.15) is 24.2 Å². The Hall–Kier alpha value is -6.46. The summed E-state index contributed by atoms with van der Waals surface area (Å²) in [6.45, 7) is 16.7. The number of carbonyl (C=O) groups excluding carboxylic acids is 6. The van der Waals surface area contributed by atoms with Gasteiger partial charge in [0.2, 0.25) is 41.3 Å². The Balaban J connectivity index is 1.24. The number of aromatic nitrogens is 2. The minimum Gasteiger partial charge on any atom is -0.347 e. The molecule has 1 saturated heterocycles. The van der Waals surface area contributed by atoms with Gasteiger partial charge < -0.3 is 46.2 Å². The number of benzene rings is 3. The Bertz CT molecular complexity index is 2640. The van der Waals surface area contributed by atoms with Crippen molar-refractivity contribution in [2.75, 3.05) is 20.6 Å². The van der Waals surface area contributed by atoms with E-state index in [1.807, 2.05) is 102 Å². The van der Waals surface area contributed by atoms with Crippen LogP contribution < -0.4 is 31.9 Å². The van der Waals surface area contributed by atoms with Gasteiger partial charge in [-0.3, -0.25) is 28.8 Å². The van der Waals surface area contributed by atoms with E-state index in [1.54, 1.807) is 44.7 Å². The molecule has 6 amide bonds. The van der Waals surface area contributed by atoms with E-state index in [2.05, 4.69) is 54.2 Å². The monoisotopic (exact) mass is 1000 g/mol. The maximum atomic E-state index is 15.1. The van der Waals surface area contributed by atoms with Gasteiger partial charge in [-0.15, -0.1) is 0 Å². The lowest BCUT2D eigenvalue weighted by molar-refractivity contribution is -0.147. The van der Waals surface area contributed by atoms with Crippen molar-refractivity contribution in [1.82, 2.24) is 51.8 Å². The third kappa shape index (κ3) is 12.7. The molecule has 17 heteroatoms. The highest BCUT2D eigenvalue weighted by atomic mass is 16.5. The number of hydrogen-bond donors (Lipinski definition) is 6. The average molecular weight is 1000 g/mol. The van der Waals surface area contributed by atoms with Crippen molar-refractivity contribution in [3.8, 4) is 0 Å². The lowest BCUT2D eigenvalue weighted by atomic mass is 9.83. The second-order valence-electron chi connectivity index (χ2n) is 22.4. The first-order chi connectivity index (χ1) is 34.6. The molecule has 1 fully saturated rings. The molecule has 1 aliphatic carbocycles. The number of likely N-dealkylation sites (tertiary alicyclic amines) is 1. The van der Waals surface area contributed by atoms with Crippen molar-refractivity contribution in [3.05, 3.63) is 118 Å². The van der Waals surface area contributed by atoms with Gasteiger partial charge in [-0.2, -0.15) is 4.98 Å². The fourth-order valence-electron chi connectivity index (χ4n) is 10.3. The van der Waals surface area contributed by atoms with Crippen LogP contribution in [0.4, 0.5) is 0 Å². The number of fused-ring (bicyclic) bond motifs is 2. The average Bonchev–Trinajstić information content (AvgIpc) is 4.02. The Morgan fingerprint density at radius 2 is 1.34 bits per heavy atom. The van der Waals surface area contributed by atoms with Crippen LogP contribution >= 0.6 is 0 Å². The Morgan fingerprint density at radius 3 is 1.95 bits per heavy atom. The molecule has 0 radical (unpaired) electrons. The van der Waals surface area contributed by atoms with Gasteiger partial charge in [0.05, 0.1) is 24.2 Å². The van der Waals surface area contributed by atoms with Crippen molar-refractivity contribution in [1.29, 1.82) is 0 Å². The minimum absolute atomic E-state index is 0.0811. The van der Waals surface area contributed by atoms with Crippen LogP contribution in [0.1, 0.15) is 138 Å². The van der Waals surface area contributed by atoms with Gasteiger partial charge in [0.15, 0.2) is 5.82 Å². The lowest BCUT2D eigenvalue weighted by Gasteiger charge is -2.42. The largest absolute Gasteiger partial charge is 0.347 e. The quantitative estimate of drug-likeness (QED) is 0.0888. The summed E-state index contributed by atoms with van der Waals surface area (Å²) >= 11 is 0. The van der Waals surface area contributed by atoms with Crippen LogP contribution in [0.5, 0.6) is 0 Å². The summed E-state index contributed by atoms with van der Waals surface area (Å²) < 4.78 is 5.36. The van der Waals surface area contributed by atoms with E-state index < -0.39 is 64.9 Å². The summed E-state index contributed by atoms with van der Waals surface area (Å²) in [7, 11) is 3.36. The highest BCUT2D eigenvalue weighted by Crippen LogP contribution is 2.38. The second kappa shape index (κ2) is 22.8. The van der Waals surface area contributed by atoms with E-state index in [-0.39, 0.29) is 61.5 Å². The molecule has 9 atom stereocenters. The van der Waals surface area contributed by atoms with Crippen LogP contribution in [-0.4, -0.2) is 112 Å². The molecule has 3 aromatic carbocycles. The molecule has 17 nitrogen and oxygen atoms in total. The SMILES string of the molecule is CN[C@@H](C)C(=O)NC(C(=O)N1Cc2cc([C@H]3C[C@@H](C(=O)N[C@@H](Cc4ccccc4)c4noc(C)n4)N(C(=O)[C@@H](NC(=O)[C@H](C)NC)C(C)(C)C)C3)ccc2C[C@H]1C(=O)NC1CCCc2ccccc21)C(C)(C)C. The zero-order valence-electron chi connectivity index (χ0n) is 44.4. The van der Waals surface area contributed by atoms with E-state index in [0.717, 1.165) is 47.1 Å². The van der Waals surface area contributed by atoms with E-state index >= 15 is 9.59 Å². The molecule has 0 bridgehead atoms. The van der Waals surface area contributed by atoms with Crippen LogP contribution in [0, 0.1) is 17.8 Å². The van der Waals surface area contributed by atoms with Gasteiger partial charge >= 0.3 is 0 Å². The number of rotatable bonds is 16. The minimum atomic E-state index is -0.981. The topological polar surface area (TPSA) is 220 Å². The number of aryl methyl sites for hydroxylation is 2. The third-order valence-corrected chi connectivity index (χ3v) is 14.9. The standard InChI is InChI=1S/C56H76N10O7/c1-32(57-10)49(67)62-46(55(4,5)6)53(71)65-30-39-27-37(24-25-38(39)28-44(65)51(69)60-42-23-17-21-36-20-15-16-22-41(36)42)40-29-45(66(31-40)54(72)47(56(7,8)9)63-50(68)33(2)58-11)52(70)61-43(48-59-34(3)73-64-48)26-35-18-13-12-14-19-35/h12-16,18-20,22,24-25,27,32-33,40,42-47,57-58H,17,21,23,26,28-31H2,1-11H3,(H,60,69)(H,61,70)(H,62,67)(H,63,68)/t32-,33-,40-,42?,43-,44-,45-,46?,47+/m0/s1. The van der Waals surface area contributed by atoms with Crippen molar-refractivity contribution in [2.24, 2.45) is 10.8 Å². The van der Waals surface area contributed by atoms with Crippen molar-refractivity contribution in [2.45, 2.75) is 162 Å². The highest BCUT2D eigenvalue weighted by molar-refractivity contribution is 5.95. The molecule has 73 heavy (non-hydrogen) atoms. The number of nitrogens with zero attached hydrogens (tertiary/aromatic N) is 4. The van der Waals surface area contributed by atoms with Crippen LogP contribution in [0.2, 0.25) is 0 Å². The first-order valence-corrected chi connectivity index (χ1v) is 25.8. The molecule has 1 aromatic heterocycles. The molecule has 2 unspecified atom stereocenters. The van der Waals surface area contributed by atoms with E-state index in [4.69, 9.17) is 4.52 Å². The molecule has 7 rings (SSSR count). The molecular formula is C56H76N10O7. The normalized spacial score (nSPS) is 20.9. The molecule has 3 aliphatic rings. The van der Waals surface area contributed by atoms with Gasteiger partial charge in [-0.25, -0.2) is 0 Å². The zero-order chi connectivity index (χ0) is 52.9. The van der Waals surface area contributed by atoms with Gasteiger partial charge in [0, 0.05) is 38.8 Å². The zero-order valence-corrected chi connectivity index (χ0v) is 44.4. The first kappa shape index (κ1) is 54.3. The predicted molar refractivity (Wildman–Crippen MR) is 277 cm³/mol. The summed E-state index contributed by atoms with van der Waals surface area (Å²) in [5, 5.41) is 22.6. The van der Waals surface area contributed by atoms with Crippen LogP contribution in [0.15, 0.2) is 77.3 Å². The number of hydrogen-bond acceptors (Lipinski definition) is 11. The fourth-order valence-corrected chi connectivity index (χ4v) is 10.3. The van der Waals surface area contributed by atoms with Crippen molar-refractivity contribution < 1.29 is 33.3 Å². The van der Waals surface area contributed by atoms with Crippen molar-refractivity contribution >= 4 is 35.4 Å². The number of likely N-dealkylation sites (N-methyl/N-ethyl adjacent to an activating group) is 2. The molecule has 4 aromatic rings. The van der Waals surface area contributed by atoms with Crippen molar-refractivity contribution in [3.63, 3.8) is 0 Å². The van der Waals surface area contributed by atoms with Crippen LogP contribution in [0.3, 0.4) is 0 Å². The second-order valence-corrected chi connectivity index (χ2v) is 22.4. The molecule has 392 valence electrons. The molecule has 2 aliphatic heterocycles. The molecule has 6 N–H and O–H groups in total. The molecule has 0 saturated carbocycles. The van der Waals surface area contributed by atoms with E-state index in [0.29, 0.717) is 18.1 Å². The highest BCUT2D eigenvalue weighted by Gasteiger charge is 2.47. The third-order valence-electron chi connectivity index (χ3n) is 14.9. The molecular weight excluding hydrogens is 925 g/mol. The summed E-state index contributed by atoms with van der Waals surface area (Å²) in [5.74, 6) is -1.83. The maximum absolute atomic E-state index is 15.1. The van der Waals surface area contributed by atoms with E-state index in [9.17, 15) is 19.2 Å². The Kier molecular flexibility index (Phi) is 16.9. The predicted octanol–water partition coefficient (Wildman–Crippen LogP) is 4.89. The van der Waals surface area contributed by atoms with Gasteiger partial charge in [-0.05, 0) is 97.8 Å². The Morgan fingerprint density at radius 1 is 0.726 bits per heavy atom. The van der Waals surface area contributed by atoms with Crippen LogP contribution in [-0.2, 0) is 54.6 Å². The fraction of sp³-hybridized carbons (Fsp3) is 0.536.